The molecule has 0 spiro atoms. The van der Waals surface area contributed by atoms with E-state index in [2.05, 4.69) is 75.5 Å². The fourth-order valence-corrected chi connectivity index (χ4v) is 11.0. The predicted octanol–water partition coefficient (Wildman–Crippen LogP) is 5.31. The van der Waals surface area contributed by atoms with Crippen molar-refractivity contribution in [2.75, 3.05) is 6.38 Å². The molecule has 2 aromatic rings. The SMILES string of the molecule is CCl.[CH3][Zr]([CH3])([SiH3])[C]1=C(c2cccc3c2Cc2ccccc2-3)C=CC1. The molecule has 124 valence electrons. The third-order valence-corrected chi connectivity index (χ3v) is 14.2. The quantitative estimate of drug-likeness (QED) is 0.380. The molecule has 0 aromatic heterocycles. The van der Waals surface area contributed by atoms with Gasteiger partial charge in [0.1, 0.15) is 0 Å². The van der Waals surface area contributed by atoms with Gasteiger partial charge in [0, 0.05) is 6.38 Å². The Bertz CT molecular complexity index is 828. The Labute approximate surface area is 157 Å². The van der Waals surface area contributed by atoms with Gasteiger partial charge in [0.15, 0.2) is 0 Å². The Morgan fingerprint density at radius 2 is 1.58 bits per heavy atom. The van der Waals surface area contributed by atoms with E-state index in [-0.39, 0.29) is 0 Å². The molecule has 0 unspecified atom stereocenters. The van der Waals surface area contributed by atoms with Crippen LogP contribution in [0.2, 0.25) is 9.26 Å². The van der Waals surface area contributed by atoms with Gasteiger partial charge in [0.05, 0.1) is 0 Å². The summed E-state index contributed by atoms with van der Waals surface area (Å²) in [6, 6.07) is 15.8. The Hall–Kier alpha value is -0.690. The van der Waals surface area contributed by atoms with Crippen LogP contribution in [-0.2, 0) is 25.8 Å². The number of hydrogen-bond donors (Lipinski definition) is 0. The van der Waals surface area contributed by atoms with Crippen molar-refractivity contribution in [3.8, 4) is 11.1 Å². The van der Waals surface area contributed by atoms with Crippen LogP contribution in [0, 0.1) is 0 Å². The van der Waals surface area contributed by atoms with Gasteiger partial charge in [-0.15, -0.1) is 11.6 Å². The normalized spacial score (nSPS) is 15.2. The zero-order valence-electron chi connectivity index (χ0n) is 15.0. The first-order chi connectivity index (χ1) is 11.6. The molecule has 0 saturated heterocycles. The number of allylic oxidation sites excluding steroid dienone is 4. The van der Waals surface area contributed by atoms with Gasteiger partial charge in [-0.05, 0) is 0 Å². The summed E-state index contributed by atoms with van der Waals surface area (Å²) in [5.41, 5.74) is 9.04. The number of fused-ring (bicyclic) bond motifs is 3. The van der Waals surface area contributed by atoms with Crippen LogP contribution >= 0.6 is 11.6 Å². The third-order valence-electron chi connectivity index (χ3n) is 4.98. The molecule has 0 aliphatic heterocycles. The van der Waals surface area contributed by atoms with E-state index in [9.17, 15) is 0 Å². The van der Waals surface area contributed by atoms with Crippen LogP contribution < -0.4 is 0 Å². The van der Waals surface area contributed by atoms with E-state index >= 15 is 0 Å². The topological polar surface area (TPSA) is 0 Å². The minimum absolute atomic E-state index is 1.10. The monoisotopic (exact) mass is 430 g/mol. The van der Waals surface area contributed by atoms with Crippen molar-refractivity contribution in [2.24, 2.45) is 0 Å². The number of alkyl halides is 1. The van der Waals surface area contributed by atoms with Crippen molar-refractivity contribution in [2.45, 2.75) is 22.1 Å². The zero-order valence-corrected chi connectivity index (χ0v) is 20.2. The zero-order chi connectivity index (χ0) is 17.3. The molecule has 2 aromatic carbocycles. The molecule has 0 radical (unpaired) electrons. The third kappa shape index (κ3) is 3.21. The van der Waals surface area contributed by atoms with Crippen molar-refractivity contribution in [3.63, 3.8) is 0 Å². The molecule has 24 heavy (non-hydrogen) atoms. The van der Waals surface area contributed by atoms with Crippen LogP contribution in [0.25, 0.3) is 16.7 Å². The van der Waals surface area contributed by atoms with Crippen molar-refractivity contribution in [1.82, 2.24) is 0 Å². The van der Waals surface area contributed by atoms with E-state index in [1.165, 1.54) is 42.4 Å². The molecule has 0 fully saturated rings. The van der Waals surface area contributed by atoms with Crippen LogP contribution in [0.4, 0.5) is 0 Å². The maximum absolute atomic E-state index is 4.64. The molecule has 3 heteroatoms. The summed E-state index contributed by atoms with van der Waals surface area (Å²) >= 11 is 2.75. The van der Waals surface area contributed by atoms with Crippen LogP contribution in [0.5, 0.6) is 0 Å². The van der Waals surface area contributed by atoms with Gasteiger partial charge in [-0.25, -0.2) is 0 Å². The molecule has 2 aliphatic carbocycles. The molecular weight excluding hydrogens is 407 g/mol. The van der Waals surface area contributed by atoms with Crippen LogP contribution in [-0.4, -0.2) is 13.8 Å². The molecule has 0 amide bonds. The van der Waals surface area contributed by atoms with E-state index in [1.807, 2.05) is 3.28 Å². The minimum atomic E-state index is -1.89. The van der Waals surface area contributed by atoms with Gasteiger partial charge in [0.2, 0.25) is 0 Å². The Kier molecular flexibility index (Phi) is 5.49. The van der Waals surface area contributed by atoms with Crippen molar-refractivity contribution < 1.29 is 19.4 Å². The number of benzene rings is 2. The van der Waals surface area contributed by atoms with Gasteiger partial charge < -0.3 is 0 Å². The van der Waals surface area contributed by atoms with Gasteiger partial charge in [-0.3, -0.25) is 0 Å². The summed E-state index contributed by atoms with van der Waals surface area (Å²) in [5.74, 6) is 0. The fourth-order valence-electron chi connectivity index (χ4n) is 3.88. The predicted molar refractivity (Wildman–Crippen MR) is 109 cm³/mol. The number of hydrogen-bond acceptors (Lipinski definition) is 0. The second kappa shape index (κ2) is 7.28. The first kappa shape index (κ1) is 18.1. The van der Waals surface area contributed by atoms with Gasteiger partial charge in [-0.2, -0.15) is 0 Å². The second-order valence-corrected chi connectivity index (χ2v) is 34.7. The van der Waals surface area contributed by atoms with E-state index in [0.717, 1.165) is 6.42 Å². The Morgan fingerprint density at radius 3 is 2.33 bits per heavy atom. The molecule has 0 N–H and O–H groups in total. The van der Waals surface area contributed by atoms with Crippen molar-refractivity contribution in [3.05, 3.63) is 74.6 Å². The molecule has 0 nitrogen and oxygen atoms in total. The first-order valence-electron chi connectivity index (χ1n) is 8.54. The van der Waals surface area contributed by atoms with E-state index < -0.39 is 19.4 Å². The average molecular weight is 432 g/mol. The Morgan fingerprint density at radius 1 is 0.917 bits per heavy atom. The standard InChI is InChI=1S/C18H13.CH3Cl.2CH3.H3Si.Zr/c1-2-7-13(6-1)15-10-5-11-17-16-9-4-3-8-14(16)12-18(15)17;1-2;;;;/h1,3-6,8-11H,2,12H2;1H3;3*1H3;. The van der Waals surface area contributed by atoms with Crippen LogP contribution in [0.3, 0.4) is 0 Å². The summed E-state index contributed by atoms with van der Waals surface area (Å²) in [4.78, 5) is 0. The summed E-state index contributed by atoms with van der Waals surface area (Å²) in [6.45, 7) is 0. The second-order valence-electron chi connectivity index (χ2n) is 7.41. The van der Waals surface area contributed by atoms with E-state index in [4.69, 9.17) is 0 Å². The summed E-state index contributed by atoms with van der Waals surface area (Å²) in [5, 5.41) is 0. The molecule has 0 saturated carbocycles. The van der Waals surface area contributed by atoms with Gasteiger partial charge >= 0.3 is 140 Å². The molecule has 0 heterocycles. The van der Waals surface area contributed by atoms with Crippen LogP contribution in [0.1, 0.15) is 23.1 Å². The van der Waals surface area contributed by atoms with Gasteiger partial charge in [-0.1, -0.05) is 0 Å². The molecule has 0 atom stereocenters. The molecule has 2 aliphatic rings. The number of halogens is 1. The summed E-state index contributed by atoms with van der Waals surface area (Å²) in [6.07, 6.45) is 8.59. The molecular formula is C21H25ClSiZr. The van der Waals surface area contributed by atoms with E-state index in [1.54, 1.807) is 11.1 Å². The first-order valence-corrected chi connectivity index (χ1v) is 23.8. The van der Waals surface area contributed by atoms with Gasteiger partial charge in [0.25, 0.3) is 0 Å². The molecule has 4 rings (SSSR count). The summed E-state index contributed by atoms with van der Waals surface area (Å²) < 4.78 is 7.03. The molecule has 0 bridgehead atoms. The van der Waals surface area contributed by atoms with Crippen LogP contribution in [0.15, 0.2) is 57.9 Å². The maximum atomic E-state index is 4.64. The Balaban J connectivity index is 0.000000815. The van der Waals surface area contributed by atoms with Crippen molar-refractivity contribution in [1.29, 1.82) is 0 Å². The van der Waals surface area contributed by atoms with Crippen molar-refractivity contribution >= 4 is 24.5 Å². The number of rotatable bonds is 2. The fraction of sp³-hybridized carbons (Fsp3) is 0.238. The van der Waals surface area contributed by atoms with E-state index in [0.29, 0.717) is 0 Å². The summed E-state index contributed by atoms with van der Waals surface area (Å²) in [7, 11) is 1.41. The average Bonchev–Trinajstić information content (AvgIpc) is 3.21.